The summed E-state index contributed by atoms with van der Waals surface area (Å²) in [6, 6.07) is 7.77. The first-order valence-electron chi connectivity index (χ1n) is 4.62. The van der Waals surface area contributed by atoms with Crippen LogP contribution in [0.2, 0.25) is 0 Å². The van der Waals surface area contributed by atoms with E-state index in [9.17, 15) is 4.79 Å². The maximum atomic E-state index is 11.5. The molecule has 3 aromatic rings. The molecule has 0 radical (unpaired) electrons. The van der Waals surface area contributed by atoms with E-state index in [-0.39, 0.29) is 5.82 Å². The van der Waals surface area contributed by atoms with Crippen molar-refractivity contribution >= 4 is 32.5 Å². The molecule has 0 amide bonds. The summed E-state index contributed by atoms with van der Waals surface area (Å²) in [6.45, 7) is 0. The molecule has 80 valence electrons. The van der Waals surface area contributed by atoms with Crippen molar-refractivity contribution in [2.24, 2.45) is 0 Å². The molecule has 0 saturated heterocycles. The van der Waals surface area contributed by atoms with Gasteiger partial charge in [0, 0.05) is 0 Å². The molecule has 0 fully saturated rings. The molecule has 6 heteroatoms. The van der Waals surface area contributed by atoms with Crippen LogP contribution >= 0.6 is 11.3 Å². The zero-order valence-electron chi connectivity index (χ0n) is 8.38. The first-order valence-corrected chi connectivity index (χ1v) is 5.44. The van der Waals surface area contributed by atoms with E-state index in [1.807, 2.05) is 24.3 Å². The highest BCUT2D eigenvalue weighted by Crippen LogP contribution is 2.25. The molecule has 1 aromatic carbocycles. The Hall–Kier alpha value is -1.95. The van der Waals surface area contributed by atoms with Gasteiger partial charge in [0.15, 0.2) is 0 Å². The minimum atomic E-state index is -0.476. The first kappa shape index (κ1) is 9.29. The van der Waals surface area contributed by atoms with Crippen molar-refractivity contribution in [3.63, 3.8) is 0 Å². The van der Waals surface area contributed by atoms with Gasteiger partial charge in [0.2, 0.25) is 10.8 Å². The highest BCUT2D eigenvalue weighted by atomic mass is 32.1. The van der Waals surface area contributed by atoms with Gasteiger partial charge in [-0.2, -0.15) is 0 Å². The number of fused-ring (bicyclic) bond motifs is 3. The van der Waals surface area contributed by atoms with Gasteiger partial charge in [-0.3, -0.25) is 4.40 Å². The number of hydrogen-bond donors (Lipinski definition) is 0. The molecule has 0 aliphatic rings. The van der Waals surface area contributed by atoms with Crippen molar-refractivity contribution < 1.29 is 9.53 Å². The second-order valence-corrected chi connectivity index (χ2v) is 4.21. The molecule has 2 aromatic heterocycles. The molecule has 0 bridgehead atoms. The van der Waals surface area contributed by atoms with Crippen LogP contribution in [0.3, 0.4) is 0 Å². The minimum absolute atomic E-state index is 0.218. The number of hydrogen-bond acceptors (Lipinski definition) is 5. The van der Waals surface area contributed by atoms with Crippen molar-refractivity contribution in [3.05, 3.63) is 30.1 Å². The molecule has 0 aliphatic carbocycles. The molecule has 0 saturated carbocycles. The number of nitrogens with zero attached hydrogens (tertiary/aromatic N) is 3. The summed E-state index contributed by atoms with van der Waals surface area (Å²) in [5.41, 5.74) is 0.924. The van der Waals surface area contributed by atoms with Crippen molar-refractivity contribution in [1.29, 1.82) is 0 Å². The summed E-state index contributed by atoms with van der Waals surface area (Å²) in [6.07, 6.45) is 0. The molecule has 5 nitrogen and oxygen atoms in total. The second kappa shape index (κ2) is 3.28. The molecular formula is C10H7N3O2S. The Morgan fingerprint density at radius 2 is 2.19 bits per heavy atom. The smallest absolute Gasteiger partial charge is 0.376 e. The highest BCUT2D eigenvalue weighted by molar-refractivity contribution is 7.23. The SMILES string of the molecule is COC(=O)c1nnc2sc3ccccc3n12. The molecule has 0 aliphatic heterocycles. The number of rotatable bonds is 1. The van der Waals surface area contributed by atoms with E-state index in [4.69, 9.17) is 0 Å². The topological polar surface area (TPSA) is 56.5 Å². The van der Waals surface area contributed by atoms with Gasteiger partial charge < -0.3 is 4.74 Å². The Kier molecular flexibility index (Phi) is 1.90. The van der Waals surface area contributed by atoms with E-state index in [1.165, 1.54) is 18.4 Å². The fraction of sp³-hybridized carbons (Fsp3) is 0.100. The molecule has 0 N–H and O–H groups in total. The summed E-state index contributed by atoms with van der Waals surface area (Å²) in [5, 5.41) is 7.78. The summed E-state index contributed by atoms with van der Waals surface area (Å²) in [4.78, 5) is 12.2. The maximum Gasteiger partial charge on any atom is 0.376 e. The number of aromatic nitrogens is 3. The molecule has 3 rings (SSSR count). The maximum absolute atomic E-state index is 11.5. The third-order valence-corrected chi connectivity index (χ3v) is 3.32. The van der Waals surface area contributed by atoms with Crippen LogP contribution in [0.25, 0.3) is 15.2 Å². The van der Waals surface area contributed by atoms with E-state index in [2.05, 4.69) is 14.9 Å². The largest absolute Gasteiger partial charge is 0.463 e. The Labute approximate surface area is 94.3 Å². The number of carbonyl (C=O) groups is 1. The quantitative estimate of drug-likeness (QED) is 0.601. The Bertz CT molecular complexity index is 686. The first-order chi connectivity index (χ1) is 7.81. The average Bonchev–Trinajstić information content (AvgIpc) is 2.86. The van der Waals surface area contributed by atoms with Gasteiger partial charge in [-0.05, 0) is 12.1 Å². The number of para-hydroxylation sites is 1. The van der Waals surface area contributed by atoms with E-state index in [1.54, 1.807) is 4.40 Å². The van der Waals surface area contributed by atoms with E-state index in [0.29, 0.717) is 4.96 Å². The van der Waals surface area contributed by atoms with Crippen LogP contribution < -0.4 is 0 Å². The molecule has 0 atom stereocenters. The monoisotopic (exact) mass is 233 g/mol. The number of esters is 1. The number of thiazole rings is 1. The van der Waals surface area contributed by atoms with Gasteiger partial charge in [-0.25, -0.2) is 4.79 Å². The van der Waals surface area contributed by atoms with Crippen molar-refractivity contribution in [2.75, 3.05) is 7.11 Å². The number of benzene rings is 1. The lowest BCUT2D eigenvalue weighted by molar-refractivity contribution is 0.0586. The van der Waals surface area contributed by atoms with Crippen LogP contribution in [-0.2, 0) is 4.74 Å². The predicted molar refractivity (Wildman–Crippen MR) is 59.7 cm³/mol. The summed E-state index contributed by atoms with van der Waals surface area (Å²) < 4.78 is 7.44. The van der Waals surface area contributed by atoms with Crippen LogP contribution in [0, 0.1) is 0 Å². The standard InChI is InChI=1S/C10H7N3O2S/c1-15-9(14)8-11-12-10-13(8)6-4-2-3-5-7(6)16-10/h2-5H,1H3. The Balaban J connectivity index is 2.43. The van der Waals surface area contributed by atoms with Gasteiger partial charge >= 0.3 is 5.97 Å². The molecule has 2 heterocycles. The third kappa shape index (κ3) is 1.13. The zero-order chi connectivity index (χ0) is 11.1. The Morgan fingerprint density at radius 3 is 3.00 bits per heavy atom. The molecule has 16 heavy (non-hydrogen) atoms. The molecule has 0 spiro atoms. The van der Waals surface area contributed by atoms with Crippen LogP contribution in [-0.4, -0.2) is 27.7 Å². The lowest BCUT2D eigenvalue weighted by Gasteiger charge is -1.95. The van der Waals surface area contributed by atoms with Crippen molar-refractivity contribution in [1.82, 2.24) is 14.6 Å². The third-order valence-electron chi connectivity index (χ3n) is 2.31. The number of methoxy groups -OCH3 is 1. The van der Waals surface area contributed by atoms with Crippen LogP contribution in [0.15, 0.2) is 24.3 Å². The number of carbonyl (C=O) groups excluding carboxylic acids is 1. The van der Waals surface area contributed by atoms with Gasteiger partial charge in [-0.15, -0.1) is 10.2 Å². The fourth-order valence-electron chi connectivity index (χ4n) is 1.60. The predicted octanol–water partition coefficient (Wildman–Crippen LogP) is 1.73. The highest BCUT2D eigenvalue weighted by Gasteiger charge is 2.18. The zero-order valence-corrected chi connectivity index (χ0v) is 9.19. The van der Waals surface area contributed by atoms with Gasteiger partial charge in [-0.1, -0.05) is 23.5 Å². The van der Waals surface area contributed by atoms with Gasteiger partial charge in [0.1, 0.15) is 0 Å². The summed E-state index contributed by atoms with van der Waals surface area (Å²) >= 11 is 1.49. The molecular weight excluding hydrogens is 226 g/mol. The van der Waals surface area contributed by atoms with Crippen molar-refractivity contribution in [3.8, 4) is 0 Å². The Morgan fingerprint density at radius 1 is 1.38 bits per heavy atom. The van der Waals surface area contributed by atoms with Crippen LogP contribution in [0.5, 0.6) is 0 Å². The fourth-order valence-corrected chi connectivity index (χ4v) is 2.57. The van der Waals surface area contributed by atoms with Crippen molar-refractivity contribution in [2.45, 2.75) is 0 Å². The van der Waals surface area contributed by atoms with E-state index >= 15 is 0 Å². The number of ether oxygens (including phenoxy) is 1. The van der Waals surface area contributed by atoms with E-state index in [0.717, 1.165) is 10.2 Å². The lowest BCUT2D eigenvalue weighted by atomic mass is 10.3. The summed E-state index contributed by atoms with van der Waals surface area (Å²) in [7, 11) is 1.33. The lowest BCUT2D eigenvalue weighted by Crippen LogP contribution is -2.06. The summed E-state index contributed by atoms with van der Waals surface area (Å²) in [5.74, 6) is -0.258. The molecule has 0 unspecified atom stereocenters. The average molecular weight is 233 g/mol. The van der Waals surface area contributed by atoms with E-state index < -0.39 is 5.97 Å². The van der Waals surface area contributed by atoms with Crippen LogP contribution in [0.4, 0.5) is 0 Å². The normalized spacial score (nSPS) is 11.1. The van der Waals surface area contributed by atoms with Crippen LogP contribution in [0.1, 0.15) is 10.6 Å². The van der Waals surface area contributed by atoms with Gasteiger partial charge in [0.05, 0.1) is 17.3 Å². The minimum Gasteiger partial charge on any atom is -0.463 e. The van der Waals surface area contributed by atoms with Gasteiger partial charge in [0.25, 0.3) is 0 Å². The second-order valence-electron chi connectivity index (χ2n) is 3.20.